The second-order valence-electron chi connectivity index (χ2n) is 5.93. The summed E-state index contributed by atoms with van der Waals surface area (Å²) in [6, 6.07) is 14.5. The van der Waals surface area contributed by atoms with Gasteiger partial charge in [0.2, 0.25) is 11.0 Å². The molecule has 144 valence electrons. The van der Waals surface area contributed by atoms with E-state index in [2.05, 4.69) is 20.8 Å². The minimum atomic E-state index is -0.312. The van der Waals surface area contributed by atoms with Gasteiger partial charge < -0.3 is 10.1 Å². The lowest BCUT2D eigenvalue weighted by molar-refractivity contribution is -0.115. The number of amides is 2. The third-order valence-electron chi connectivity index (χ3n) is 3.95. The van der Waals surface area contributed by atoms with Crippen LogP contribution in [-0.2, 0) is 11.2 Å². The van der Waals surface area contributed by atoms with Crippen LogP contribution in [0.5, 0.6) is 5.75 Å². The van der Waals surface area contributed by atoms with Crippen LogP contribution in [0.1, 0.15) is 34.3 Å². The molecule has 0 fully saturated rings. The number of methoxy groups -OCH3 is 1. The molecule has 2 N–H and O–H groups in total. The maximum Gasteiger partial charge on any atom is 0.257 e. The normalized spacial score (nSPS) is 10.4. The van der Waals surface area contributed by atoms with Crippen LogP contribution in [0.25, 0.3) is 0 Å². The first-order valence-electron chi connectivity index (χ1n) is 8.74. The van der Waals surface area contributed by atoms with Crippen molar-refractivity contribution < 1.29 is 14.3 Å². The molecule has 0 saturated heterocycles. The summed E-state index contributed by atoms with van der Waals surface area (Å²) in [5.41, 5.74) is 2.00. The second-order valence-corrected chi connectivity index (χ2v) is 6.99. The molecule has 2 amide bonds. The zero-order chi connectivity index (χ0) is 19.9. The summed E-state index contributed by atoms with van der Waals surface area (Å²) in [4.78, 5) is 24.0. The Balaban J connectivity index is 1.67. The zero-order valence-electron chi connectivity index (χ0n) is 15.6. The molecule has 0 bridgehead atoms. The first-order valence-corrected chi connectivity index (χ1v) is 9.56. The first-order chi connectivity index (χ1) is 13.6. The number of hydrogen-bond acceptors (Lipinski definition) is 6. The van der Waals surface area contributed by atoms with Crippen LogP contribution in [0.3, 0.4) is 0 Å². The fraction of sp³-hybridized carbons (Fsp3) is 0.200. The van der Waals surface area contributed by atoms with E-state index in [-0.39, 0.29) is 11.8 Å². The Morgan fingerprint density at radius 3 is 2.68 bits per heavy atom. The van der Waals surface area contributed by atoms with E-state index in [0.29, 0.717) is 29.2 Å². The molecule has 3 aromatic rings. The number of nitrogens with one attached hydrogen (secondary N) is 2. The van der Waals surface area contributed by atoms with Gasteiger partial charge in [-0.15, -0.1) is 10.2 Å². The number of rotatable bonds is 7. The van der Waals surface area contributed by atoms with Crippen LogP contribution >= 0.6 is 11.3 Å². The predicted octanol–water partition coefficient (Wildman–Crippen LogP) is 3.74. The quantitative estimate of drug-likeness (QED) is 0.635. The van der Waals surface area contributed by atoms with Gasteiger partial charge in [0.1, 0.15) is 10.8 Å². The highest BCUT2D eigenvalue weighted by Gasteiger charge is 2.13. The highest BCUT2D eigenvalue weighted by molar-refractivity contribution is 7.15. The van der Waals surface area contributed by atoms with E-state index >= 15 is 0 Å². The maximum absolute atomic E-state index is 12.5. The molecular formula is C20H20N4O3S. The highest BCUT2D eigenvalue weighted by atomic mass is 32.1. The summed E-state index contributed by atoms with van der Waals surface area (Å²) in [5.74, 6) is 0.365. The van der Waals surface area contributed by atoms with Crippen molar-refractivity contribution in [2.75, 3.05) is 17.7 Å². The Hall–Kier alpha value is -3.26. The van der Waals surface area contributed by atoms with Crippen LogP contribution in [0, 0.1) is 0 Å². The largest absolute Gasteiger partial charge is 0.496 e. The molecule has 0 aliphatic heterocycles. The van der Waals surface area contributed by atoms with Crippen LogP contribution < -0.4 is 15.4 Å². The average molecular weight is 396 g/mol. The smallest absolute Gasteiger partial charge is 0.257 e. The molecule has 0 aliphatic rings. The van der Waals surface area contributed by atoms with Crippen molar-refractivity contribution in [3.63, 3.8) is 0 Å². The fourth-order valence-electron chi connectivity index (χ4n) is 2.54. The molecular weight excluding hydrogens is 376 g/mol. The van der Waals surface area contributed by atoms with Gasteiger partial charge in [-0.2, -0.15) is 0 Å². The summed E-state index contributed by atoms with van der Waals surface area (Å²) in [5, 5.41) is 14.9. The third-order valence-corrected chi connectivity index (χ3v) is 4.79. The lowest BCUT2D eigenvalue weighted by Crippen LogP contribution is -2.13. The number of ether oxygens (including phenoxy) is 1. The number of benzene rings is 2. The molecule has 0 unspecified atom stereocenters. The Kier molecular flexibility index (Phi) is 6.33. The minimum absolute atomic E-state index is 0.109. The van der Waals surface area contributed by atoms with Crippen molar-refractivity contribution in [1.82, 2.24) is 10.2 Å². The van der Waals surface area contributed by atoms with Crippen molar-refractivity contribution in [2.24, 2.45) is 0 Å². The molecule has 0 radical (unpaired) electrons. The highest BCUT2D eigenvalue weighted by Crippen LogP contribution is 2.24. The van der Waals surface area contributed by atoms with Crippen LogP contribution in [0.4, 0.5) is 10.8 Å². The van der Waals surface area contributed by atoms with E-state index in [9.17, 15) is 9.59 Å². The van der Waals surface area contributed by atoms with Gasteiger partial charge in [-0.05, 0) is 24.3 Å². The summed E-state index contributed by atoms with van der Waals surface area (Å²) in [6.07, 6.45) is 0.937. The van der Waals surface area contributed by atoms with Gasteiger partial charge >= 0.3 is 0 Å². The monoisotopic (exact) mass is 396 g/mol. The van der Waals surface area contributed by atoms with E-state index in [1.807, 2.05) is 24.3 Å². The number of nitrogens with zero attached hydrogens (tertiary/aromatic N) is 2. The molecule has 0 spiro atoms. The predicted molar refractivity (Wildman–Crippen MR) is 109 cm³/mol. The number of aromatic nitrogens is 2. The Morgan fingerprint density at radius 1 is 1.07 bits per heavy atom. The molecule has 3 rings (SSSR count). The molecule has 28 heavy (non-hydrogen) atoms. The topological polar surface area (TPSA) is 93.2 Å². The molecule has 7 nitrogen and oxygen atoms in total. The van der Waals surface area contributed by atoms with Gasteiger partial charge in [0, 0.05) is 29.7 Å². The Bertz CT molecular complexity index is 987. The number of hydrogen-bond donors (Lipinski definition) is 2. The molecule has 8 heteroatoms. The Morgan fingerprint density at radius 2 is 1.89 bits per heavy atom. The van der Waals surface area contributed by atoms with Gasteiger partial charge in [-0.3, -0.25) is 14.9 Å². The van der Waals surface area contributed by atoms with E-state index in [1.165, 1.54) is 11.3 Å². The van der Waals surface area contributed by atoms with Gasteiger partial charge in [-0.25, -0.2) is 0 Å². The number of anilines is 2. The zero-order valence-corrected chi connectivity index (χ0v) is 16.4. The molecule has 1 aromatic heterocycles. The van der Waals surface area contributed by atoms with Crippen molar-refractivity contribution in [3.05, 3.63) is 64.7 Å². The average Bonchev–Trinajstić information content (AvgIpc) is 3.15. The summed E-state index contributed by atoms with van der Waals surface area (Å²) < 4.78 is 5.35. The lowest BCUT2D eigenvalue weighted by atomic mass is 10.1. The minimum Gasteiger partial charge on any atom is -0.496 e. The number of carbonyl (C=O) groups is 2. The van der Waals surface area contributed by atoms with E-state index in [1.54, 1.807) is 38.3 Å². The first kappa shape index (κ1) is 19.5. The summed E-state index contributed by atoms with van der Waals surface area (Å²) >= 11 is 1.31. The standard InChI is InChI=1S/C20H20N4O3S/c1-3-17(25)21-15-9-6-8-14(11-15)19(26)22-20-24-23-18(28-20)12-13-7-4-5-10-16(13)27-2/h4-11H,3,12H2,1-2H3,(H,21,25)(H,22,24,26). The fourth-order valence-corrected chi connectivity index (χ4v) is 3.30. The second kappa shape index (κ2) is 9.09. The van der Waals surface area contributed by atoms with Gasteiger partial charge in [0.15, 0.2) is 0 Å². The van der Waals surface area contributed by atoms with Crippen LogP contribution in [0.15, 0.2) is 48.5 Å². The Labute approximate surface area is 166 Å². The molecule has 2 aromatic carbocycles. The number of para-hydroxylation sites is 1. The maximum atomic E-state index is 12.5. The van der Waals surface area contributed by atoms with E-state index < -0.39 is 0 Å². The summed E-state index contributed by atoms with van der Waals surface area (Å²) in [6.45, 7) is 1.77. The van der Waals surface area contributed by atoms with Crippen molar-refractivity contribution in [1.29, 1.82) is 0 Å². The molecule has 0 saturated carbocycles. The SMILES string of the molecule is CCC(=O)Nc1cccc(C(=O)Nc2nnc(Cc3ccccc3OC)s2)c1. The molecule has 1 heterocycles. The van der Waals surface area contributed by atoms with Crippen molar-refractivity contribution in [2.45, 2.75) is 19.8 Å². The van der Waals surface area contributed by atoms with Crippen molar-refractivity contribution in [3.8, 4) is 5.75 Å². The van der Waals surface area contributed by atoms with Crippen LogP contribution in [0.2, 0.25) is 0 Å². The lowest BCUT2D eigenvalue weighted by Gasteiger charge is -2.06. The number of carbonyl (C=O) groups excluding carboxylic acids is 2. The van der Waals surface area contributed by atoms with Gasteiger partial charge in [-0.1, -0.05) is 42.5 Å². The van der Waals surface area contributed by atoms with Crippen molar-refractivity contribution >= 4 is 34.0 Å². The molecule has 0 atom stereocenters. The van der Waals surface area contributed by atoms with Crippen LogP contribution in [-0.4, -0.2) is 29.1 Å². The molecule has 0 aliphatic carbocycles. The van der Waals surface area contributed by atoms with E-state index in [4.69, 9.17) is 4.74 Å². The third kappa shape index (κ3) is 4.92. The van der Waals surface area contributed by atoms with Gasteiger partial charge in [0.05, 0.1) is 7.11 Å². The van der Waals surface area contributed by atoms with Gasteiger partial charge in [0.25, 0.3) is 5.91 Å². The van der Waals surface area contributed by atoms with E-state index in [0.717, 1.165) is 16.3 Å². The summed E-state index contributed by atoms with van der Waals surface area (Å²) in [7, 11) is 1.63.